The molecule has 1 aromatic carbocycles. The molecule has 0 heterocycles. The molecule has 1 rings (SSSR count). The SMILES string of the molecule is CCN=Cc1cc(C)ccc1C. The fourth-order valence-electron chi connectivity index (χ4n) is 1.09. The maximum Gasteiger partial charge on any atom is 0.0361 e. The van der Waals surface area contributed by atoms with Gasteiger partial charge in [0, 0.05) is 12.8 Å². The standard InChI is InChI=1S/C11H15N/c1-4-12-8-11-7-9(2)5-6-10(11)3/h5-8H,4H2,1-3H3. The highest BCUT2D eigenvalue weighted by molar-refractivity contribution is 5.81. The molecule has 1 heteroatoms. The Labute approximate surface area is 74.2 Å². The normalized spacial score (nSPS) is 10.9. The molecule has 0 saturated carbocycles. The Hall–Kier alpha value is -1.11. The molecule has 0 saturated heterocycles. The van der Waals surface area contributed by atoms with Crippen molar-refractivity contribution in [1.29, 1.82) is 0 Å². The van der Waals surface area contributed by atoms with E-state index in [2.05, 4.69) is 37.0 Å². The van der Waals surface area contributed by atoms with Gasteiger partial charge in [0.1, 0.15) is 0 Å². The zero-order chi connectivity index (χ0) is 8.97. The summed E-state index contributed by atoms with van der Waals surface area (Å²) in [5.41, 5.74) is 3.81. The van der Waals surface area contributed by atoms with Crippen molar-refractivity contribution in [3.05, 3.63) is 34.9 Å². The highest BCUT2D eigenvalue weighted by atomic mass is 14.7. The minimum absolute atomic E-state index is 0.855. The molecule has 0 atom stereocenters. The molecule has 0 aliphatic rings. The van der Waals surface area contributed by atoms with Gasteiger partial charge in [-0.3, -0.25) is 4.99 Å². The Balaban J connectivity index is 2.97. The van der Waals surface area contributed by atoms with Gasteiger partial charge < -0.3 is 0 Å². The third-order valence-corrected chi connectivity index (χ3v) is 1.85. The van der Waals surface area contributed by atoms with Crippen LogP contribution in [-0.2, 0) is 0 Å². The minimum Gasteiger partial charge on any atom is -0.293 e. The van der Waals surface area contributed by atoms with Crippen LogP contribution in [0.5, 0.6) is 0 Å². The van der Waals surface area contributed by atoms with Crippen molar-refractivity contribution in [1.82, 2.24) is 0 Å². The van der Waals surface area contributed by atoms with Gasteiger partial charge in [0.25, 0.3) is 0 Å². The zero-order valence-corrected chi connectivity index (χ0v) is 7.96. The minimum atomic E-state index is 0.855. The molecule has 0 N–H and O–H groups in total. The van der Waals surface area contributed by atoms with Gasteiger partial charge in [0.15, 0.2) is 0 Å². The zero-order valence-electron chi connectivity index (χ0n) is 7.96. The Morgan fingerprint density at radius 3 is 2.75 bits per heavy atom. The Bertz CT molecular complexity index is 287. The first-order valence-corrected chi connectivity index (χ1v) is 4.31. The third-order valence-electron chi connectivity index (χ3n) is 1.85. The van der Waals surface area contributed by atoms with E-state index in [1.807, 2.05) is 13.1 Å². The van der Waals surface area contributed by atoms with Crippen molar-refractivity contribution in [3.8, 4) is 0 Å². The first-order valence-electron chi connectivity index (χ1n) is 4.31. The fourth-order valence-corrected chi connectivity index (χ4v) is 1.09. The Morgan fingerprint density at radius 2 is 2.08 bits per heavy atom. The molecule has 0 spiro atoms. The predicted molar refractivity (Wildman–Crippen MR) is 54.1 cm³/mol. The Kier molecular flexibility index (Phi) is 3.03. The molecule has 0 unspecified atom stereocenters. The van der Waals surface area contributed by atoms with Crippen molar-refractivity contribution in [2.75, 3.05) is 6.54 Å². The monoisotopic (exact) mass is 161 g/mol. The lowest BCUT2D eigenvalue weighted by molar-refractivity contribution is 1.14. The summed E-state index contributed by atoms with van der Waals surface area (Å²) in [6.07, 6.45) is 1.95. The van der Waals surface area contributed by atoms with Gasteiger partial charge in [0.2, 0.25) is 0 Å². The molecule has 0 fully saturated rings. The van der Waals surface area contributed by atoms with Gasteiger partial charge in [-0.15, -0.1) is 0 Å². The number of hydrogen-bond acceptors (Lipinski definition) is 1. The lowest BCUT2D eigenvalue weighted by Gasteiger charge is -2.00. The number of hydrogen-bond donors (Lipinski definition) is 0. The number of benzene rings is 1. The number of nitrogens with zero attached hydrogens (tertiary/aromatic N) is 1. The highest BCUT2D eigenvalue weighted by Gasteiger charge is 1.93. The fraction of sp³-hybridized carbons (Fsp3) is 0.364. The van der Waals surface area contributed by atoms with Crippen molar-refractivity contribution in [3.63, 3.8) is 0 Å². The van der Waals surface area contributed by atoms with Crippen LogP contribution in [-0.4, -0.2) is 12.8 Å². The molecule has 0 aliphatic carbocycles. The van der Waals surface area contributed by atoms with Crippen LogP contribution in [0.3, 0.4) is 0 Å². The van der Waals surface area contributed by atoms with Gasteiger partial charge in [-0.1, -0.05) is 23.8 Å². The molecule has 0 bridgehead atoms. The van der Waals surface area contributed by atoms with Crippen molar-refractivity contribution < 1.29 is 0 Å². The average Bonchev–Trinajstić information content (AvgIpc) is 2.07. The summed E-state index contributed by atoms with van der Waals surface area (Å²) < 4.78 is 0. The van der Waals surface area contributed by atoms with Crippen LogP contribution in [0.25, 0.3) is 0 Å². The van der Waals surface area contributed by atoms with Crippen LogP contribution >= 0.6 is 0 Å². The maximum atomic E-state index is 4.22. The molecule has 64 valence electrons. The highest BCUT2D eigenvalue weighted by Crippen LogP contribution is 2.07. The molecule has 1 nitrogen and oxygen atoms in total. The molecule has 0 amide bonds. The molecule has 1 aromatic rings. The average molecular weight is 161 g/mol. The summed E-state index contributed by atoms with van der Waals surface area (Å²) in [5.74, 6) is 0. The van der Waals surface area contributed by atoms with Gasteiger partial charge >= 0.3 is 0 Å². The summed E-state index contributed by atoms with van der Waals surface area (Å²) >= 11 is 0. The number of aliphatic imine (C=N–C) groups is 1. The topological polar surface area (TPSA) is 12.4 Å². The summed E-state index contributed by atoms with van der Waals surface area (Å²) in [5, 5.41) is 0. The summed E-state index contributed by atoms with van der Waals surface area (Å²) in [6.45, 7) is 7.11. The van der Waals surface area contributed by atoms with E-state index in [0.717, 1.165) is 6.54 Å². The second-order valence-electron chi connectivity index (χ2n) is 2.99. The van der Waals surface area contributed by atoms with Crippen molar-refractivity contribution >= 4 is 6.21 Å². The van der Waals surface area contributed by atoms with Crippen LogP contribution in [0.4, 0.5) is 0 Å². The first kappa shape index (κ1) is 8.98. The van der Waals surface area contributed by atoms with E-state index >= 15 is 0 Å². The van der Waals surface area contributed by atoms with Gasteiger partial charge in [-0.2, -0.15) is 0 Å². The second-order valence-corrected chi connectivity index (χ2v) is 2.99. The number of aryl methyl sites for hydroxylation is 2. The molecular weight excluding hydrogens is 146 g/mol. The first-order chi connectivity index (χ1) is 5.74. The molecule has 0 aliphatic heterocycles. The quantitative estimate of drug-likeness (QED) is 0.591. The van der Waals surface area contributed by atoms with E-state index in [1.54, 1.807) is 0 Å². The van der Waals surface area contributed by atoms with E-state index in [0.29, 0.717) is 0 Å². The van der Waals surface area contributed by atoms with Gasteiger partial charge in [-0.25, -0.2) is 0 Å². The van der Waals surface area contributed by atoms with E-state index in [1.165, 1.54) is 16.7 Å². The van der Waals surface area contributed by atoms with Crippen LogP contribution in [0.2, 0.25) is 0 Å². The van der Waals surface area contributed by atoms with E-state index in [4.69, 9.17) is 0 Å². The van der Waals surface area contributed by atoms with Crippen molar-refractivity contribution in [2.45, 2.75) is 20.8 Å². The molecule has 0 aromatic heterocycles. The van der Waals surface area contributed by atoms with E-state index < -0.39 is 0 Å². The maximum absolute atomic E-state index is 4.22. The lowest BCUT2D eigenvalue weighted by Crippen LogP contribution is -1.88. The summed E-state index contributed by atoms with van der Waals surface area (Å²) in [6, 6.07) is 6.42. The van der Waals surface area contributed by atoms with Crippen LogP contribution in [0.1, 0.15) is 23.6 Å². The van der Waals surface area contributed by atoms with Crippen LogP contribution in [0.15, 0.2) is 23.2 Å². The van der Waals surface area contributed by atoms with E-state index in [9.17, 15) is 0 Å². The molecular formula is C11H15N. The van der Waals surface area contributed by atoms with Crippen molar-refractivity contribution in [2.24, 2.45) is 4.99 Å². The Morgan fingerprint density at radius 1 is 1.33 bits per heavy atom. The third kappa shape index (κ3) is 2.19. The predicted octanol–water partition coefficient (Wildman–Crippen LogP) is 2.74. The molecule has 0 radical (unpaired) electrons. The lowest BCUT2D eigenvalue weighted by atomic mass is 10.1. The second kappa shape index (κ2) is 4.05. The number of rotatable bonds is 2. The molecule has 12 heavy (non-hydrogen) atoms. The summed E-state index contributed by atoms with van der Waals surface area (Å²) in [4.78, 5) is 4.22. The van der Waals surface area contributed by atoms with E-state index in [-0.39, 0.29) is 0 Å². The largest absolute Gasteiger partial charge is 0.293 e. The van der Waals surface area contributed by atoms with Gasteiger partial charge in [0.05, 0.1) is 0 Å². The van der Waals surface area contributed by atoms with Crippen LogP contribution in [0, 0.1) is 13.8 Å². The summed E-state index contributed by atoms with van der Waals surface area (Å²) in [7, 11) is 0. The van der Waals surface area contributed by atoms with Crippen LogP contribution < -0.4 is 0 Å². The van der Waals surface area contributed by atoms with Gasteiger partial charge in [-0.05, 0) is 31.9 Å². The smallest absolute Gasteiger partial charge is 0.0361 e.